The van der Waals surface area contributed by atoms with Crippen LogP contribution in [0.5, 0.6) is 0 Å². The van der Waals surface area contributed by atoms with Crippen LogP contribution in [0, 0.1) is 30.1 Å². The molecule has 188 valence electrons. The Balaban J connectivity index is 1.23. The molecule has 2 N–H and O–H groups in total. The summed E-state index contributed by atoms with van der Waals surface area (Å²) in [5, 5.41) is 24.0. The van der Waals surface area contributed by atoms with Gasteiger partial charge in [-0.1, -0.05) is 24.1 Å². The predicted molar refractivity (Wildman–Crippen MR) is 136 cm³/mol. The average molecular weight is 497 g/mol. The molecule has 1 aromatic carbocycles. The zero-order valence-electron chi connectivity index (χ0n) is 20.6. The molecule has 1 atom stereocenters. The van der Waals surface area contributed by atoms with Gasteiger partial charge in [0.1, 0.15) is 11.5 Å². The summed E-state index contributed by atoms with van der Waals surface area (Å²) in [6.07, 6.45) is 10.0. The lowest BCUT2D eigenvalue weighted by molar-refractivity contribution is 0.0950. The molecule has 1 saturated carbocycles. The molecule has 1 amide bonds. The lowest BCUT2D eigenvalue weighted by atomic mass is 9.92. The van der Waals surface area contributed by atoms with Gasteiger partial charge >= 0.3 is 0 Å². The van der Waals surface area contributed by atoms with Crippen molar-refractivity contribution in [2.24, 2.45) is 11.8 Å². The van der Waals surface area contributed by atoms with Gasteiger partial charge in [0.2, 0.25) is 5.95 Å². The molecular weight excluding hydrogens is 468 g/mol. The van der Waals surface area contributed by atoms with Crippen molar-refractivity contribution in [1.82, 2.24) is 30.2 Å². The molecule has 4 aromatic rings. The van der Waals surface area contributed by atoms with Crippen LogP contribution < -0.4 is 10.6 Å². The maximum Gasteiger partial charge on any atom is 0.251 e. The van der Waals surface area contributed by atoms with E-state index in [0.29, 0.717) is 41.1 Å². The minimum atomic E-state index is -0.223. The Kier molecular flexibility index (Phi) is 7.21. The van der Waals surface area contributed by atoms with Gasteiger partial charge < -0.3 is 15.2 Å². The SMILES string of the molecule is Cc1cc(CNC(=O)c2cccc(Nc3nccc(-c4cnn(CC(C#N)C5CCCC5)c4)n3)c2)no1. The second-order valence-electron chi connectivity index (χ2n) is 9.31. The van der Waals surface area contributed by atoms with E-state index in [4.69, 9.17) is 4.52 Å². The van der Waals surface area contributed by atoms with Gasteiger partial charge in [0, 0.05) is 35.3 Å². The third kappa shape index (κ3) is 6.01. The molecule has 0 radical (unpaired) electrons. The first kappa shape index (κ1) is 24.2. The first-order valence-electron chi connectivity index (χ1n) is 12.4. The number of amides is 1. The Morgan fingerprint density at radius 1 is 1.27 bits per heavy atom. The summed E-state index contributed by atoms with van der Waals surface area (Å²) in [6, 6.07) is 13.2. The van der Waals surface area contributed by atoms with Crippen LogP contribution in [-0.4, -0.2) is 30.8 Å². The molecule has 1 fully saturated rings. The summed E-state index contributed by atoms with van der Waals surface area (Å²) in [6.45, 7) is 2.67. The van der Waals surface area contributed by atoms with Crippen molar-refractivity contribution in [3.8, 4) is 17.3 Å². The number of benzene rings is 1. The molecule has 1 aliphatic rings. The number of hydrogen-bond donors (Lipinski definition) is 2. The molecule has 0 spiro atoms. The van der Waals surface area contributed by atoms with E-state index in [1.807, 2.05) is 23.0 Å². The summed E-state index contributed by atoms with van der Waals surface area (Å²) in [4.78, 5) is 21.5. The van der Waals surface area contributed by atoms with Crippen LogP contribution in [0.2, 0.25) is 0 Å². The number of aromatic nitrogens is 5. The monoisotopic (exact) mass is 496 g/mol. The van der Waals surface area contributed by atoms with Gasteiger partial charge in [-0.15, -0.1) is 0 Å². The van der Waals surface area contributed by atoms with Crippen LogP contribution in [0.1, 0.15) is 47.5 Å². The van der Waals surface area contributed by atoms with E-state index in [0.717, 1.165) is 24.1 Å². The normalized spacial score (nSPS) is 14.3. The molecule has 3 heterocycles. The van der Waals surface area contributed by atoms with Crippen molar-refractivity contribution in [2.45, 2.75) is 45.7 Å². The number of aryl methyl sites for hydroxylation is 1. The molecule has 5 rings (SSSR count). The number of carbonyl (C=O) groups is 1. The highest BCUT2D eigenvalue weighted by Gasteiger charge is 2.25. The summed E-state index contributed by atoms with van der Waals surface area (Å²) < 4.78 is 6.86. The number of nitrogens with zero attached hydrogens (tertiary/aromatic N) is 6. The number of hydrogen-bond acceptors (Lipinski definition) is 8. The summed E-state index contributed by atoms with van der Waals surface area (Å²) in [5.41, 5.74) is 3.42. The molecule has 0 saturated heterocycles. The molecule has 0 aliphatic heterocycles. The number of carbonyl (C=O) groups excluding carboxylic acids is 1. The Morgan fingerprint density at radius 3 is 2.92 bits per heavy atom. The van der Waals surface area contributed by atoms with E-state index >= 15 is 0 Å². The molecule has 10 nitrogen and oxygen atoms in total. The highest BCUT2D eigenvalue weighted by Crippen LogP contribution is 2.32. The molecule has 3 aromatic heterocycles. The Labute approximate surface area is 214 Å². The number of nitrogens with one attached hydrogen (secondary N) is 2. The molecule has 1 unspecified atom stereocenters. The van der Waals surface area contributed by atoms with Gasteiger partial charge in [-0.25, -0.2) is 9.97 Å². The average Bonchev–Trinajstić information content (AvgIpc) is 3.69. The second kappa shape index (κ2) is 11.0. The molecule has 37 heavy (non-hydrogen) atoms. The van der Waals surface area contributed by atoms with Crippen LogP contribution in [-0.2, 0) is 13.1 Å². The Morgan fingerprint density at radius 2 is 2.14 bits per heavy atom. The lowest BCUT2D eigenvalue weighted by Gasteiger charge is -2.15. The fourth-order valence-corrected chi connectivity index (χ4v) is 4.67. The minimum Gasteiger partial charge on any atom is -0.361 e. The molecule has 0 bridgehead atoms. The highest BCUT2D eigenvalue weighted by atomic mass is 16.5. The molecule has 1 aliphatic carbocycles. The molecule has 10 heteroatoms. The van der Waals surface area contributed by atoms with E-state index in [1.165, 1.54) is 12.8 Å². The minimum absolute atomic E-state index is 0.0255. The maximum absolute atomic E-state index is 12.6. The summed E-state index contributed by atoms with van der Waals surface area (Å²) >= 11 is 0. The van der Waals surface area contributed by atoms with Crippen molar-refractivity contribution < 1.29 is 9.32 Å². The van der Waals surface area contributed by atoms with Crippen LogP contribution in [0.25, 0.3) is 11.3 Å². The van der Waals surface area contributed by atoms with Crippen molar-refractivity contribution in [2.75, 3.05) is 5.32 Å². The number of rotatable bonds is 9. The Bertz CT molecular complexity index is 1410. The van der Waals surface area contributed by atoms with Gasteiger partial charge in [0.05, 0.1) is 37.0 Å². The standard InChI is InChI=1S/C27H28N8O2/c1-18-11-24(34-37-18)15-30-26(36)20-7-4-8-23(12-20)32-27-29-10-9-25(33-27)22-14-31-35(17-22)16-21(13-28)19-5-2-3-6-19/h4,7-12,14,17,19,21H,2-3,5-6,15-16H2,1H3,(H,30,36)(H,29,32,33). The topological polar surface area (TPSA) is 135 Å². The third-order valence-corrected chi connectivity index (χ3v) is 6.59. The number of nitriles is 1. The van der Waals surface area contributed by atoms with Gasteiger partial charge in [-0.2, -0.15) is 10.4 Å². The first-order valence-corrected chi connectivity index (χ1v) is 12.4. The van der Waals surface area contributed by atoms with E-state index in [1.54, 1.807) is 43.6 Å². The quantitative estimate of drug-likeness (QED) is 0.342. The zero-order chi connectivity index (χ0) is 25.6. The summed E-state index contributed by atoms with van der Waals surface area (Å²) in [5.74, 6) is 1.31. The van der Waals surface area contributed by atoms with E-state index < -0.39 is 0 Å². The van der Waals surface area contributed by atoms with Crippen molar-refractivity contribution in [3.05, 3.63) is 72.0 Å². The highest BCUT2D eigenvalue weighted by molar-refractivity contribution is 5.95. The molecular formula is C27H28N8O2. The van der Waals surface area contributed by atoms with Crippen LogP contribution in [0.3, 0.4) is 0 Å². The van der Waals surface area contributed by atoms with Crippen molar-refractivity contribution in [3.63, 3.8) is 0 Å². The summed E-state index contributed by atoms with van der Waals surface area (Å²) in [7, 11) is 0. The zero-order valence-corrected chi connectivity index (χ0v) is 20.6. The maximum atomic E-state index is 12.6. The fraction of sp³-hybridized carbons (Fsp3) is 0.333. The van der Waals surface area contributed by atoms with Crippen molar-refractivity contribution in [1.29, 1.82) is 5.26 Å². The largest absolute Gasteiger partial charge is 0.361 e. The predicted octanol–water partition coefficient (Wildman–Crippen LogP) is 4.64. The van der Waals surface area contributed by atoms with Crippen LogP contribution in [0.4, 0.5) is 11.6 Å². The van der Waals surface area contributed by atoms with Gasteiger partial charge in [0.15, 0.2) is 0 Å². The van der Waals surface area contributed by atoms with E-state index in [2.05, 4.69) is 36.9 Å². The third-order valence-electron chi connectivity index (χ3n) is 6.59. The van der Waals surface area contributed by atoms with E-state index in [-0.39, 0.29) is 18.4 Å². The van der Waals surface area contributed by atoms with Gasteiger partial charge in [0.25, 0.3) is 5.91 Å². The fourth-order valence-electron chi connectivity index (χ4n) is 4.67. The number of anilines is 2. The lowest BCUT2D eigenvalue weighted by Crippen LogP contribution is -2.22. The van der Waals surface area contributed by atoms with Crippen LogP contribution >= 0.6 is 0 Å². The van der Waals surface area contributed by atoms with Gasteiger partial charge in [-0.3, -0.25) is 9.48 Å². The second-order valence-corrected chi connectivity index (χ2v) is 9.31. The van der Waals surface area contributed by atoms with Crippen LogP contribution in [0.15, 0.2) is 59.5 Å². The Hall–Kier alpha value is -4.52. The smallest absolute Gasteiger partial charge is 0.251 e. The first-order chi connectivity index (χ1) is 18.1. The van der Waals surface area contributed by atoms with E-state index in [9.17, 15) is 10.1 Å². The van der Waals surface area contributed by atoms with Gasteiger partial charge in [-0.05, 0) is 49.9 Å². The van der Waals surface area contributed by atoms with Crippen molar-refractivity contribution >= 4 is 17.5 Å².